The zero-order valence-electron chi connectivity index (χ0n) is 9.47. The summed E-state index contributed by atoms with van der Waals surface area (Å²) in [6.45, 7) is 3.53. The quantitative estimate of drug-likeness (QED) is 0.633. The van der Waals surface area contributed by atoms with Crippen LogP contribution in [0, 0.1) is 6.92 Å². The standard InChI is InChI=1S/C11H12BrF2NO2/c1-3-17-8(16)5-7-4-6(2)9(11(13)14)15-10(7)12/h4,11H,3,5H2,1-2H3. The molecule has 1 rings (SSSR count). The molecule has 0 aliphatic carbocycles. The van der Waals surface area contributed by atoms with Crippen molar-refractivity contribution in [2.75, 3.05) is 6.61 Å². The summed E-state index contributed by atoms with van der Waals surface area (Å²) >= 11 is 3.08. The predicted molar refractivity (Wildman–Crippen MR) is 62.0 cm³/mol. The topological polar surface area (TPSA) is 39.2 Å². The maximum Gasteiger partial charge on any atom is 0.310 e. The molecule has 17 heavy (non-hydrogen) atoms. The molecule has 0 unspecified atom stereocenters. The van der Waals surface area contributed by atoms with Crippen LogP contribution >= 0.6 is 15.9 Å². The molecule has 0 N–H and O–H groups in total. The van der Waals surface area contributed by atoms with Crippen molar-refractivity contribution in [2.45, 2.75) is 26.7 Å². The van der Waals surface area contributed by atoms with Crippen LogP contribution in [-0.2, 0) is 16.0 Å². The second-order valence-electron chi connectivity index (χ2n) is 3.42. The van der Waals surface area contributed by atoms with E-state index in [0.29, 0.717) is 11.1 Å². The first-order valence-electron chi connectivity index (χ1n) is 5.05. The number of halogens is 3. The number of aromatic nitrogens is 1. The molecule has 0 aliphatic heterocycles. The molecule has 0 amide bonds. The molecule has 0 radical (unpaired) electrons. The van der Waals surface area contributed by atoms with Crippen LogP contribution in [0.4, 0.5) is 8.78 Å². The number of hydrogen-bond acceptors (Lipinski definition) is 3. The highest BCUT2D eigenvalue weighted by Crippen LogP contribution is 2.25. The van der Waals surface area contributed by atoms with Crippen LogP contribution in [0.15, 0.2) is 10.7 Å². The van der Waals surface area contributed by atoms with Crippen molar-refractivity contribution in [1.82, 2.24) is 4.98 Å². The molecule has 0 aliphatic rings. The van der Waals surface area contributed by atoms with Crippen LogP contribution in [0.2, 0.25) is 0 Å². The fourth-order valence-corrected chi connectivity index (χ4v) is 1.82. The van der Waals surface area contributed by atoms with Gasteiger partial charge in [-0.2, -0.15) is 0 Å². The van der Waals surface area contributed by atoms with Gasteiger partial charge in [-0.25, -0.2) is 13.8 Å². The molecule has 0 saturated heterocycles. The van der Waals surface area contributed by atoms with E-state index in [1.165, 1.54) is 13.0 Å². The fourth-order valence-electron chi connectivity index (χ4n) is 1.37. The number of carbonyl (C=O) groups excluding carboxylic acids is 1. The monoisotopic (exact) mass is 307 g/mol. The Bertz CT molecular complexity index is 424. The zero-order valence-corrected chi connectivity index (χ0v) is 11.1. The lowest BCUT2D eigenvalue weighted by Gasteiger charge is -2.09. The minimum atomic E-state index is -2.62. The van der Waals surface area contributed by atoms with Crippen molar-refractivity contribution >= 4 is 21.9 Å². The predicted octanol–water partition coefficient (Wildman–Crippen LogP) is 3.20. The van der Waals surface area contributed by atoms with E-state index in [4.69, 9.17) is 4.74 Å². The highest BCUT2D eigenvalue weighted by atomic mass is 79.9. The Balaban J connectivity index is 2.95. The Kier molecular flexibility index (Phi) is 4.99. The van der Waals surface area contributed by atoms with E-state index in [0.717, 1.165) is 0 Å². The summed E-state index contributed by atoms with van der Waals surface area (Å²) in [4.78, 5) is 15.0. The number of aryl methyl sites for hydroxylation is 1. The molecular formula is C11H12BrF2NO2. The number of hydrogen-bond donors (Lipinski definition) is 0. The maximum atomic E-state index is 12.5. The van der Waals surface area contributed by atoms with E-state index in [-0.39, 0.29) is 23.3 Å². The molecule has 0 saturated carbocycles. The van der Waals surface area contributed by atoms with Gasteiger partial charge in [-0.3, -0.25) is 4.79 Å². The molecule has 6 heteroatoms. The summed E-state index contributed by atoms with van der Waals surface area (Å²) in [5, 5.41) is 0. The van der Waals surface area contributed by atoms with E-state index in [1.54, 1.807) is 6.92 Å². The summed E-state index contributed by atoms with van der Waals surface area (Å²) < 4.78 is 30.1. The van der Waals surface area contributed by atoms with Crippen LogP contribution in [0.3, 0.4) is 0 Å². The van der Waals surface area contributed by atoms with E-state index < -0.39 is 12.4 Å². The highest BCUT2D eigenvalue weighted by Gasteiger charge is 2.17. The SMILES string of the molecule is CCOC(=O)Cc1cc(C)c(C(F)F)nc1Br. The van der Waals surface area contributed by atoms with Gasteiger partial charge < -0.3 is 4.74 Å². The van der Waals surface area contributed by atoms with Gasteiger partial charge in [0.2, 0.25) is 0 Å². The van der Waals surface area contributed by atoms with Gasteiger partial charge in [-0.15, -0.1) is 0 Å². The third kappa shape index (κ3) is 3.73. The van der Waals surface area contributed by atoms with Crippen molar-refractivity contribution < 1.29 is 18.3 Å². The number of ether oxygens (including phenoxy) is 1. The van der Waals surface area contributed by atoms with Crippen LogP contribution in [0.1, 0.15) is 30.2 Å². The summed E-state index contributed by atoms with van der Waals surface area (Å²) in [5.74, 6) is -0.404. The van der Waals surface area contributed by atoms with E-state index >= 15 is 0 Å². The van der Waals surface area contributed by atoms with Crippen molar-refractivity contribution in [2.24, 2.45) is 0 Å². The van der Waals surface area contributed by atoms with E-state index in [1.807, 2.05) is 0 Å². The third-order valence-electron chi connectivity index (χ3n) is 2.13. The van der Waals surface area contributed by atoms with Crippen LogP contribution in [0.5, 0.6) is 0 Å². The molecule has 0 bridgehead atoms. The average molecular weight is 308 g/mol. The van der Waals surface area contributed by atoms with Crippen LogP contribution < -0.4 is 0 Å². The maximum absolute atomic E-state index is 12.5. The first-order chi connectivity index (χ1) is 7.95. The molecule has 3 nitrogen and oxygen atoms in total. The molecule has 0 atom stereocenters. The molecule has 1 aromatic heterocycles. The van der Waals surface area contributed by atoms with Gasteiger partial charge in [0.1, 0.15) is 10.3 Å². The van der Waals surface area contributed by atoms with Gasteiger partial charge in [-0.05, 0) is 40.9 Å². The summed E-state index contributed by atoms with van der Waals surface area (Å²) in [5.41, 5.74) is 0.636. The van der Waals surface area contributed by atoms with Gasteiger partial charge in [0.05, 0.1) is 13.0 Å². The number of pyridine rings is 1. The fraction of sp³-hybridized carbons (Fsp3) is 0.455. The largest absolute Gasteiger partial charge is 0.466 e. The zero-order chi connectivity index (χ0) is 13.0. The second-order valence-corrected chi connectivity index (χ2v) is 4.17. The van der Waals surface area contributed by atoms with Crippen LogP contribution in [-0.4, -0.2) is 17.6 Å². The molecule has 1 aromatic rings. The summed E-state index contributed by atoms with van der Waals surface area (Å²) in [6.07, 6.45) is -2.60. The van der Waals surface area contributed by atoms with E-state index in [9.17, 15) is 13.6 Å². The van der Waals surface area contributed by atoms with Crippen LogP contribution in [0.25, 0.3) is 0 Å². The van der Waals surface area contributed by atoms with Gasteiger partial charge >= 0.3 is 5.97 Å². The Morgan fingerprint density at radius 2 is 2.24 bits per heavy atom. The molecule has 0 spiro atoms. The molecule has 1 heterocycles. The van der Waals surface area contributed by atoms with Gasteiger partial charge in [0, 0.05) is 0 Å². The van der Waals surface area contributed by atoms with Crippen molar-refractivity contribution in [3.63, 3.8) is 0 Å². The Morgan fingerprint density at radius 3 is 2.76 bits per heavy atom. The number of esters is 1. The minimum Gasteiger partial charge on any atom is -0.466 e. The first kappa shape index (κ1) is 14.0. The minimum absolute atomic E-state index is 0.0196. The van der Waals surface area contributed by atoms with Gasteiger partial charge in [0.15, 0.2) is 0 Å². The molecular weight excluding hydrogens is 296 g/mol. The van der Waals surface area contributed by atoms with Gasteiger partial charge in [-0.1, -0.05) is 6.07 Å². The van der Waals surface area contributed by atoms with Crippen molar-refractivity contribution in [3.05, 3.63) is 27.5 Å². The molecule has 94 valence electrons. The van der Waals surface area contributed by atoms with Gasteiger partial charge in [0.25, 0.3) is 6.43 Å². The third-order valence-corrected chi connectivity index (χ3v) is 2.81. The number of alkyl halides is 2. The summed E-state index contributed by atoms with van der Waals surface area (Å²) in [6, 6.07) is 1.52. The van der Waals surface area contributed by atoms with E-state index in [2.05, 4.69) is 20.9 Å². The number of carbonyl (C=O) groups is 1. The Labute approximate surface area is 106 Å². The molecule has 0 fully saturated rings. The lowest BCUT2D eigenvalue weighted by Crippen LogP contribution is -2.09. The lowest BCUT2D eigenvalue weighted by molar-refractivity contribution is -0.142. The normalized spacial score (nSPS) is 10.7. The number of nitrogens with zero attached hydrogens (tertiary/aromatic N) is 1. The lowest BCUT2D eigenvalue weighted by atomic mass is 10.1. The van der Waals surface area contributed by atoms with Crippen molar-refractivity contribution in [1.29, 1.82) is 0 Å². The number of rotatable bonds is 4. The molecule has 0 aromatic carbocycles. The highest BCUT2D eigenvalue weighted by molar-refractivity contribution is 9.10. The second kappa shape index (κ2) is 6.05. The van der Waals surface area contributed by atoms with Crippen molar-refractivity contribution in [3.8, 4) is 0 Å². The first-order valence-corrected chi connectivity index (χ1v) is 5.84. The average Bonchev–Trinajstić information content (AvgIpc) is 2.22. The summed E-state index contributed by atoms with van der Waals surface area (Å²) in [7, 11) is 0. The Hall–Kier alpha value is -1.04. The Morgan fingerprint density at radius 1 is 1.59 bits per heavy atom. The smallest absolute Gasteiger partial charge is 0.310 e.